The van der Waals surface area contributed by atoms with Gasteiger partial charge in [-0.2, -0.15) is 5.26 Å². The highest BCUT2D eigenvalue weighted by molar-refractivity contribution is 7.95. The monoisotopic (exact) mass is 383 g/mol. The highest BCUT2D eigenvalue weighted by atomic mass is 35.5. The second-order valence-corrected chi connectivity index (χ2v) is 8.01. The van der Waals surface area contributed by atoms with E-state index in [2.05, 4.69) is 4.98 Å². The quantitative estimate of drug-likeness (QED) is 0.639. The van der Waals surface area contributed by atoms with Crippen LogP contribution in [0.5, 0.6) is 0 Å². The van der Waals surface area contributed by atoms with Gasteiger partial charge in [-0.15, -0.1) is 11.3 Å². The Morgan fingerprint density at radius 1 is 1.30 bits per heavy atom. The van der Waals surface area contributed by atoms with Crippen molar-refractivity contribution < 1.29 is 8.42 Å². The number of thiazole rings is 1. The van der Waals surface area contributed by atoms with Gasteiger partial charge in [0.15, 0.2) is 15.0 Å². The van der Waals surface area contributed by atoms with Gasteiger partial charge >= 0.3 is 0 Å². The Labute approximate surface area is 145 Å². The minimum atomic E-state index is -3.97. The van der Waals surface area contributed by atoms with Crippen LogP contribution >= 0.6 is 34.5 Å². The van der Waals surface area contributed by atoms with Crippen LogP contribution in [0.4, 0.5) is 0 Å². The van der Waals surface area contributed by atoms with Crippen molar-refractivity contribution in [3.63, 3.8) is 0 Å². The first-order chi connectivity index (χ1) is 10.9. The molecule has 0 aliphatic rings. The molecule has 0 aliphatic heterocycles. The molecule has 3 rings (SSSR count). The third-order valence-corrected chi connectivity index (χ3v) is 6.01. The largest absolute Gasteiger partial charge is 0.289 e. The Morgan fingerprint density at radius 3 is 2.65 bits per heavy atom. The van der Waals surface area contributed by atoms with E-state index in [1.54, 1.807) is 22.0 Å². The number of nitrogens with zero attached hydrogens (tertiary/aromatic N) is 3. The normalized spacial score (nSPS) is 12.5. The zero-order valence-corrected chi connectivity index (χ0v) is 14.4. The molecule has 0 fully saturated rings. The zero-order valence-electron chi connectivity index (χ0n) is 11.3. The van der Waals surface area contributed by atoms with Crippen LogP contribution in [0, 0.1) is 11.3 Å². The standard InChI is InChI=1S/C14H7Cl2N3O2S2/c15-9-1-3-10(4-2-9)23(20,21)11(8-17)7-12-13(16)18-14-19(12)5-6-22-14/h1-7H/b11-7-. The van der Waals surface area contributed by atoms with Gasteiger partial charge < -0.3 is 0 Å². The van der Waals surface area contributed by atoms with Gasteiger partial charge in [-0.3, -0.25) is 4.40 Å². The number of imidazole rings is 1. The first kappa shape index (κ1) is 16.0. The Morgan fingerprint density at radius 2 is 2.00 bits per heavy atom. The molecule has 0 radical (unpaired) electrons. The van der Waals surface area contributed by atoms with Gasteiger partial charge in [-0.1, -0.05) is 23.2 Å². The van der Waals surface area contributed by atoms with Gasteiger partial charge in [0.2, 0.25) is 9.84 Å². The van der Waals surface area contributed by atoms with E-state index in [-0.39, 0.29) is 10.0 Å². The molecule has 5 nitrogen and oxygen atoms in total. The van der Waals surface area contributed by atoms with Crippen molar-refractivity contribution in [1.29, 1.82) is 5.26 Å². The van der Waals surface area contributed by atoms with Crippen molar-refractivity contribution >= 4 is 55.4 Å². The van der Waals surface area contributed by atoms with Crippen molar-refractivity contribution in [2.75, 3.05) is 0 Å². The van der Waals surface area contributed by atoms with E-state index in [0.717, 1.165) is 0 Å². The van der Waals surface area contributed by atoms with Gasteiger partial charge in [0.05, 0.1) is 10.6 Å². The SMILES string of the molecule is N#C/C(=C/c1c(Cl)nc2sccn12)S(=O)(=O)c1ccc(Cl)cc1. The van der Waals surface area contributed by atoms with Gasteiger partial charge in [0, 0.05) is 16.6 Å². The van der Waals surface area contributed by atoms with Gasteiger partial charge in [0.25, 0.3) is 0 Å². The summed E-state index contributed by atoms with van der Waals surface area (Å²) in [5, 5.41) is 11.6. The highest BCUT2D eigenvalue weighted by Gasteiger charge is 2.22. The van der Waals surface area contributed by atoms with Crippen LogP contribution in [0.25, 0.3) is 11.0 Å². The summed E-state index contributed by atoms with van der Waals surface area (Å²) in [6.07, 6.45) is 2.92. The van der Waals surface area contributed by atoms with Crippen LogP contribution in [0.3, 0.4) is 0 Å². The Kier molecular flexibility index (Phi) is 4.17. The van der Waals surface area contributed by atoms with Crippen LogP contribution in [0.1, 0.15) is 5.69 Å². The van der Waals surface area contributed by atoms with Crippen LogP contribution < -0.4 is 0 Å². The van der Waals surface area contributed by atoms with Crippen LogP contribution in [-0.2, 0) is 9.84 Å². The van der Waals surface area contributed by atoms with Gasteiger partial charge in [-0.25, -0.2) is 13.4 Å². The molecule has 3 aromatic rings. The molecule has 0 spiro atoms. The van der Waals surface area contributed by atoms with Gasteiger partial charge in [0.1, 0.15) is 6.07 Å². The Bertz CT molecular complexity index is 1060. The van der Waals surface area contributed by atoms with Crippen molar-refractivity contribution in [2.24, 2.45) is 0 Å². The van der Waals surface area contributed by atoms with Crippen molar-refractivity contribution in [1.82, 2.24) is 9.38 Å². The summed E-state index contributed by atoms with van der Waals surface area (Å²) in [7, 11) is -3.97. The molecule has 0 aliphatic carbocycles. The highest BCUT2D eigenvalue weighted by Crippen LogP contribution is 2.27. The number of allylic oxidation sites excluding steroid dienone is 1. The fourth-order valence-electron chi connectivity index (χ4n) is 1.94. The topological polar surface area (TPSA) is 75.2 Å². The zero-order chi connectivity index (χ0) is 16.6. The number of sulfone groups is 1. The third kappa shape index (κ3) is 2.86. The molecule has 2 aromatic heterocycles. The molecule has 9 heteroatoms. The number of nitriles is 1. The molecule has 23 heavy (non-hydrogen) atoms. The molecule has 0 bridgehead atoms. The van der Waals surface area contributed by atoms with E-state index < -0.39 is 14.7 Å². The number of hydrogen-bond donors (Lipinski definition) is 0. The summed E-state index contributed by atoms with van der Waals surface area (Å²) >= 11 is 13.2. The van der Waals surface area contributed by atoms with Crippen LogP contribution in [0.15, 0.2) is 45.6 Å². The Hall–Kier alpha value is -1.85. The van der Waals surface area contributed by atoms with E-state index in [1.165, 1.54) is 41.7 Å². The molecule has 0 atom stereocenters. The molecule has 0 saturated heterocycles. The second kappa shape index (κ2) is 5.98. The van der Waals surface area contributed by atoms with Crippen LogP contribution in [-0.4, -0.2) is 17.8 Å². The smallest absolute Gasteiger partial charge is 0.216 e. The second-order valence-electron chi connectivity index (χ2n) is 4.42. The number of aromatic nitrogens is 2. The van der Waals surface area contributed by atoms with Crippen LogP contribution in [0.2, 0.25) is 10.2 Å². The van der Waals surface area contributed by atoms with E-state index in [0.29, 0.717) is 15.7 Å². The number of hydrogen-bond acceptors (Lipinski definition) is 5. The molecule has 116 valence electrons. The van der Waals surface area contributed by atoms with E-state index >= 15 is 0 Å². The lowest BCUT2D eigenvalue weighted by Crippen LogP contribution is -2.03. The van der Waals surface area contributed by atoms with Gasteiger partial charge in [-0.05, 0) is 30.3 Å². The number of benzene rings is 1. The minimum Gasteiger partial charge on any atom is -0.289 e. The summed E-state index contributed by atoms with van der Waals surface area (Å²) in [6, 6.07) is 7.32. The van der Waals surface area contributed by atoms with Crippen molar-refractivity contribution in [3.8, 4) is 6.07 Å². The van der Waals surface area contributed by atoms with E-state index in [9.17, 15) is 13.7 Å². The fraction of sp³-hybridized carbons (Fsp3) is 0. The molecular formula is C14H7Cl2N3O2S2. The molecule has 0 unspecified atom stereocenters. The summed E-state index contributed by atoms with van der Waals surface area (Å²) in [4.78, 5) is 4.28. The number of rotatable bonds is 3. The van der Waals surface area contributed by atoms with Crippen molar-refractivity contribution in [3.05, 3.63) is 56.6 Å². The van der Waals surface area contributed by atoms with Crippen molar-refractivity contribution in [2.45, 2.75) is 4.90 Å². The minimum absolute atomic E-state index is 0.0168. The third-order valence-electron chi connectivity index (χ3n) is 3.05. The van der Waals surface area contributed by atoms with E-state index in [4.69, 9.17) is 23.2 Å². The fourth-order valence-corrected chi connectivity index (χ4v) is 4.20. The molecule has 2 heterocycles. The first-order valence-corrected chi connectivity index (χ1v) is 9.29. The summed E-state index contributed by atoms with van der Waals surface area (Å²) in [5.41, 5.74) is 0.344. The lowest BCUT2D eigenvalue weighted by atomic mass is 10.4. The summed E-state index contributed by atoms with van der Waals surface area (Å²) in [5.74, 6) is 0. The average molecular weight is 384 g/mol. The lowest BCUT2D eigenvalue weighted by molar-refractivity contribution is 0.603. The maximum absolute atomic E-state index is 12.6. The Balaban J connectivity index is 2.16. The molecule has 0 saturated carbocycles. The number of fused-ring (bicyclic) bond motifs is 1. The maximum Gasteiger partial charge on any atom is 0.216 e. The lowest BCUT2D eigenvalue weighted by Gasteiger charge is -2.03. The summed E-state index contributed by atoms with van der Waals surface area (Å²) in [6.45, 7) is 0. The predicted molar refractivity (Wildman–Crippen MR) is 90.3 cm³/mol. The summed E-state index contributed by atoms with van der Waals surface area (Å²) < 4.78 is 26.8. The maximum atomic E-state index is 12.6. The molecule has 0 N–H and O–H groups in total. The average Bonchev–Trinajstić information content (AvgIpc) is 3.06. The molecule has 1 aromatic carbocycles. The predicted octanol–water partition coefficient (Wildman–Crippen LogP) is 4.04. The molecular weight excluding hydrogens is 377 g/mol. The first-order valence-electron chi connectivity index (χ1n) is 6.17. The van der Waals surface area contributed by atoms with E-state index in [1.807, 2.05) is 0 Å². The number of halogens is 2. The molecule has 0 amide bonds.